The van der Waals surface area contributed by atoms with E-state index in [1.165, 1.54) is 33.4 Å². The molecule has 9 rings (SSSR count). The maximum Gasteiger partial charge on any atom is 0.185 e. The van der Waals surface area contributed by atoms with E-state index in [0.717, 1.165) is 83.6 Å². The molecule has 0 spiro atoms. The van der Waals surface area contributed by atoms with E-state index < -0.39 is 8.24 Å². The number of aromatic amines is 1. The molecule has 70 heavy (non-hydrogen) atoms. The van der Waals surface area contributed by atoms with Gasteiger partial charge in [-0.25, -0.2) is 0 Å². The summed E-state index contributed by atoms with van der Waals surface area (Å²) < 4.78 is 3.58. The predicted octanol–water partition coefficient (Wildman–Crippen LogP) is 14.0. The monoisotopic (exact) mass is 951 g/mol. The number of nitriles is 1. The Morgan fingerprint density at radius 2 is 0.943 bits per heavy atom. The number of hydrogen-bond donors (Lipinski definition) is 1. The number of nitrogens with zero attached hydrogens (tertiary/aromatic N) is 9. The lowest BCUT2D eigenvalue weighted by atomic mass is 9.72. The molecule has 0 radical (unpaired) electrons. The molecule has 364 valence electrons. The summed E-state index contributed by atoms with van der Waals surface area (Å²) >= 11 is 0. The SMILES string of the molecule is C.C.C[Si](C)(C)N=[N+]=[N-].N#CC1(c2ccccc2)CCN(CCC(c2ccccc2)c2ccccc2)CC1.c1ccc(C(CCN2CCC(c3ccccc3)(c3nn[nH]n3)CC2)c2ccccc2)cc1. The first-order valence-electron chi connectivity index (χ1n) is 24.2. The van der Waals surface area contributed by atoms with Crippen molar-refractivity contribution in [3.63, 3.8) is 0 Å². The van der Waals surface area contributed by atoms with Crippen molar-refractivity contribution in [3.05, 3.63) is 232 Å². The molecule has 7 aromatic rings. The number of benzene rings is 6. The third-order valence-electron chi connectivity index (χ3n) is 13.7. The Morgan fingerprint density at radius 1 is 0.586 bits per heavy atom. The largest absolute Gasteiger partial charge is 0.303 e. The molecule has 11 heteroatoms. The molecule has 0 aliphatic carbocycles. The fraction of sp³-hybridized carbons (Fsp3) is 0.356. The van der Waals surface area contributed by atoms with E-state index in [2.05, 4.69) is 210 Å². The number of piperidine rings is 2. The number of tetrazole rings is 1. The Balaban J connectivity index is 0.000000225. The van der Waals surface area contributed by atoms with Crippen LogP contribution < -0.4 is 0 Å². The van der Waals surface area contributed by atoms with E-state index in [0.29, 0.717) is 11.8 Å². The molecule has 6 aromatic carbocycles. The summed E-state index contributed by atoms with van der Waals surface area (Å²) in [5.74, 6) is 1.64. The van der Waals surface area contributed by atoms with Crippen molar-refractivity contribution >= 4 is 8.24 Å². The van der Waals surface area contributed by atoms with Crippen LogP contribution in [0.1, 0.15) is 104 Å². The number of nitrogens with one attached hydrogen (secondary N) is 1. The zero-order valence-corrected chi connectivity index (χ0v) is 41.0. The molecule has 0 bridgehead atoms. The molecule has 0 atom stereocenters. The van der Waals surface area contributed by atoms with E-state index in [4.69, 9.17) is 5.53 Å². The van der Waals surface area contributed by atoms with Crippen LogP contribution in [-0.2, 0) is 10.8 Å². The lowest BCUT2D eigenvalue weighted by Gasteiger charge is -2.40. The fourth-order valence-corrected chi connectivity index (χ4v) is 10.1. The van der Waals surface area contributed by atoms with Crippen molar-refractivity contribution in [2.45, 2.75) is 95.7 Å². The average Bonchev–Trinajstić information content (AvgIpc) is 3.95. The molecule has 0 unspecified atom stereocenters. The van der Waals surface area contributed by atoms with Crippen LogP contribution in [0.2, 0.25) is 19.6 Å². The van der Waals surface area contributed by atoms with Gasteiger partial charge in [0.15, 0.2) is 5.82 Å². The van der Waals surface area contributed by atoms with Gasteiger partial charge in [-0.3, -0.25) is 0 Å². The molecular weight excluding hydrogens is 877 g/mol. The average molecular weight is 951 g/mol. The minimum Gasteiger partial charge on any atom is -0.303 e. The van der Waals surface area contributed by atoms with Gasteiger partial charge in [0.05, 0.1) is 16.9 Å². The Hall–Kier alpha value is -6.67. The van der Waals surface area contributed by atoms with Crippen LogP contribution in [0.5, 0.6) is 0 Å². The van der Waals surface area contributed by atoms with E-state index in [1.807, 2.05) is 37.8 Å². The van der Waals surface area contributed by atoms with Gasteiger partial charge in [-0.2, -0.15) is 10.5 Å². The van der Waals surface area contributed by atoms with Crippen LogP contribution in [-0.4, -0.2) is 77.9 Å². The Labute approximate surface area is 419 Å². The zero-order valence-electron chi connectivity index (χ0n) is 40.0. The van der Waals surface area contributed by atoms with Crippen molar-refractivity contribution in [3.8, 4) is 6.07 Å². The maximum absolute atomic E-state index is 9.93. The highest BCUT2D eigenvalue weighted by Crippen LogP contribution is 2.40. The summed E-state index contributed by atoms with van der Waals surface area (Å²) in [5.41, 5.74) is 15.4. The highest BCUT2D eigenvalue weighted by atomic mass is 28.3. The third kappa shape index (κ3) is 14.7. The maximum atomic E-state index is 9.93. The van der Waals surface area contributed by atoms with Gasteiger partial charge in [0.25, 0.3) is 0 Å². The predicted molar refractivity (Wildman–Crippen MR) is 291 cm³/mol. The lowest BCUT2D eigenvalue weighted by molar-refractivity contribution is 0.171. The van der Waals surface area contributed by atoms with Gasteiger partial charge in [0, 0.05) is 11.8 Å². The number of likely N-dealkylation sites (tertiary alicyclic amines) is 2. The normalized spacial score (nSPS) is 15.3. The van der Waals surface area contributed by atoms with Crippen LogP contribution in [0.4, 0.5) is 0 Å². The number of aromatic nitrogens is 4. The van der Waals surface area contributed by atoms with Gasteiger partial charge in [-0.05, 0) is 122 Å². The van der Waals surface area contributed by atoms with Gasteiger partial charge in [-0.15, -0.1) is 15.0 Å². The quantitative estimate of drug-likeness (QED) is 0.0499. The molecule has 2 aliphatic heterocycles. The van der Waals surface area contributed by atoms with Crippen LogP contribution in [0.15, 0.2) is 187 Å². The van der Waals surface area contributed by atoms with Gasteiger partial charge in [0.1, 0.15) is 8.24 Å². The highest BCUT2D eigenvalue weighted by Gasteiger charge is 2.41. The first-order valence-corrected chi connectivity index (χ1v) is 27.6. The van der Waals surface area contributed by atoms with Crippen molar-refractivity contribution < 1.29 is 0 Å². The van der Waals surface area contributed by atoms with E-state index in [1.54, 1.807) is 0 Å². The van der Waals surface area contributed by atoms with Gasteiger partial charge in [0.2, 0.25) is 0 Å². The van der Waals surface area contributed by atoms with E-state index in [9.17, 15) is 5.26 Å². The van der Waals surface area contributed by atoms with Crippen LogP contribution in [0.3, 0.4) is 0 Å². The molecule has 1 N–H and O–H groups in total. The van der Waals surface area contributed by atoms with Crippen LogP contribution in [0, 0.1) is 11.3 Å². The molecule has 3 heterocycles. The Morgan fingerprint density at radius 3 is 1.26 bits per heavy atom. The Kier molecular flexibility index (Phi) is 20.9. The zero-order chi connectivity index (χ0) is 47.5. The molecule has 0 saturated carbocycles. The topological polar surface area (TPSA) is 133 Å². The number of H-pyrrole nitrogens is 1. The number of rotatable bonds is 14. The van der Waals surface area contributed by atoms with E-state index in [-0.39, 0.29) is 25.7 Å². The number of azide groups is 1. The highest BCUT2D eigenvalue weighted by molar-refractivity contribution is 6.74. The summed E-state index contributed by atoms with van der Waals surface area (Å²) in [5, 5.41) is 25.3. The number of hydrogen-bond acceptors (Lipinski definition) is 7. The first-order chi connectivity index (χ1) is 33.2. The minimum absolute atomic E-state index is 0. The smallest absolute Gasteiger partial charge is 0.185 e. The van der Waals surface area contributed by atoms with Crippen molar-refractivity contribution in [1.29, 1.82) is 5.26 Å². The molecule has 1 aromatic heterocycles. The van der Waals surface area contributed by atoms with Gasteiger partial charge < -0.3 is 9.80 Å². The molecule has 2 saturated heterocycles. The first kappa shape index (κ1) is 54.3. The summed E-state index contributed by atoms with van der Waals surface area (Å²) in [6.07, 6.45) is 6.02. The van der Waals surface area contributed by atoms with Gasteiger partial charge >= 0.3 is 0 Å². The molecule has 2 fully saturated rings. The third-order valence-corrected chi connectivity index (χ3v) is 14.4. The summed E-state index contributed by atoms with van der Waals surface area (Å²) in [4.78, 5) is 7.83. The molecule has 10 nitrogen and oxygen atoms in total. The van der Waals surface area contributed by atoms with Crippen molar-refractivity contribution in [2.75, 3.05) is 39.3 Å². The fourth-order valence-electron chi connectivity index (χ4n) is 9.85. The molecular formula is C59H74N10Si. The minimum atomic E-state index is -1.45. The van der Waals surface area contributed by atoms with Crippen molar-refractivity contribution in [2.24, 2.45) is 4.78 Å². The standard InChI is InChI=1S/C27H29N5.C27H28N2.C3H9N3Si.2CH4/c1-4-10-22(11-5-1)25(23-12-6-2-7-13-23)16-19-32-20-17-27(18-21-32,26-28-30-31-29-26)24-14-8-3-9-15-24;28-22-27(25-14-8-3-9-15-25)17-20-29(21-18-27)19-16-26(23-10-4-1-5-11-23)24-12-6-2-7-13-24;1-7(2,3)6-5-4;;/h1-15,25H,16-21H2,(H,28,29,30,31);1-15,26H,16-21H2;1-3H3;2*1H4. The Bertz CT molecular complexity index is 2500. The van der Waals surface area contributed by atoms with Crippen LogP contribution in [0.25, 0.3) is 10.4 Å². The van der Waals surface area contributed by atoms with Crippen LogP contribution >= 0.6 is 0 Å². The second-order valence-corrected chi connectivity index (χ2v) is 23.7. The second-order valence-electron chi connectivity index (χ2n) is 19.1. The summed E-state index contributed by atoms with van der Waals surface area (Å²) in [7, 11) is -1.45. The molecule has 0 amide bonds. The lowest BCUT2D eigenvalue weighted by Crippen LogP contribution is -2.44. The summed E-state index contributed by atoms with van der Waals surface area (Å²) in [6.45, 7) is 12.1. The summed E-state index contributed by atoms with van der Waals surface area (Å²) in [6, 6.07) is 67.1. The van der Waals surface area contributed by atoms with Gasteiger partial charge in [-0.1, -0.05) is 222 Å². The second kappa shape index (κ2) is 26.9. The molecule has 2 aliphatic rings. The van der Waals surface area contributed by atoms with E-state index >= 15 is 0 Å². The van der Waals surface area contributed by atoms with Crippen molar-refractivity contribution in [1.82, 2.24) is 30.4 Å².